The lowest BCUT2D eigenvalue weighted by Crippen LogP contribution is -2.40. The molecular formula is C16H24BrN3O2. The predicted octanol–water partition coefficient (Wildman–Crippen LogP) is 2.31. The van der Waals surface area contributed by atoms with Gasteiger partial charge in [-0.25, -0.2) is 4.79 Å². The second-order valence-electron chi connectivity index (χ2n) is 5.52. The van der Waals surface area contributed by atoms with Crippen LogP contribution >= 0.6 is 15.9 Å². The minimum absolute atomic E-state index is 0.0232. The number of benzene rings is 1. The zero-order valence-electron chi connectivity index (χ0n) is 13.1. The molecule has 5 nitrogen and oxygen atoms in total. The quantitative estimate of drug-likeness (QED) is 0.782. The van der Waals surface area contributed by atoms with Crippen LogP contribution < -0.4 is 5.32 Å². The van der Waals surface area contributed by atoms with Gasteiger partial charge in [-0.15, -0.1) is 0 Å². The molecule has 0 spiro atoms. The molecule has 1 aromatic carbocycles. The van der Waals surface area contributed by atoms with Crippen LogP contribution in [0.3, 0.4) is 0 Å². The lowest BCUT2D eigenvalue weighted by atomic mass is 10.2. The number of hydrogen-bond donors (Lipinski definition) is 1. The van der Waals surface area contributed by atoms with Crippen LogP contribution in [0.15, 0.2) is 28.7 Å². The van der Waals surface area contributed by atoms with Gasteiger partial charge in [0, 0.05) is 37.7 Å². The van der Waals surface area contributed by atoms with Gasteiger partial charge in [-0.1, -0.05) is 28.1 Å². The minimum Gasteiger partial charge on any atom is -0.379 e. The largest absolute Gasteiger partial charge is 0.379 e. The number of carbonyl (C=O) groups excluding carboxylic acids is 1. The number of hydrogen-bond acceptors (Lipinski definition) is 3. The molecule has 0 aliphatic carbocycles. The topological polar surface area (TPSA) is 44.8 Å². The highest BCUT2D eigenvalue weighted by atomic mass is 79.9. The number of carbonyl (C=O) groups is 1. The molecule has 2 rings (SSSR count). The van der Waals surface area contributed by atoms with Crippen LogP contribution in [0.2, 0.25) is 0 Å². The van der Waals surface area contributed by atoms with E-state index >= 15 is 0 Å². The lowest BCUT2D eigenvalue weighted by molar-refractivity contribution is 0.0375. The van der Waals surface area contributed by atoms with Crippen LogP contribution in [0.5, 0.6) is 0 Å². The summed E-state index contributed by atoms with van der Waals surface area (Å²) in [7, 11) is 1.82. The van der Waals surface area contributed by atoms with E-state index in [1.807, 2.05) is 31.3 Å². The molecule has 22 heavy (non-hydrogen) atoms. The Balaban J connectivity index is 1.62. The van der Waals surface area contributed by atoms with Crippen molar-refractivity contribution in [3.05, 3.63) is 34.3 Å². The first-order chi connectivity index (χ1) is 10.6. The van der Waals surface area contributed by atoms with Gasteiger partial charge < -0.3 is 15.0 Å². The third-order valence-corrected chi connectivity index (χ3v) is 4.24. The van der Waals surface area contributed by atoms with Crippen molar-refractivity contribution in [1.29, 1.82) is 0 Å². The maximum atomic E-state index is 12.0. The fraction of sp³-hybridized carbons (Fsp3) is 0.562. The van der Waals surface area contributed by atoms with Crippen molar-refractivity contribution in [1.82, 2.24) is 15.1 Å². The normalized spacial score (nSPS) is 15.5. The third-order valence-electron chi connectivity index (χ3n) is 3.71. The van der Waals surface area contributed by atoms with Gasteiger partial charge in [-0.05, 0) is 30.7 Å². The Bertz CT molecular complexity index is 461. The number of nitrogens with one attached hydrogen (secondary N) is 1. The Morgan fingerprint density at radius 3 is 2.68 bits per heavy atom. The molecule has 1 heterocycles. The molecule has 0 bridgehead atoms. The summed E-state index contributed by atoms with van der Waals surface area (Å²) in [6.45, 7) is 5.98. The summed E-state index contributed by atoms with van der Waals surface area (Å²) < 4.78 is 6.37. The van der Waals surface area contributed by atoms with E-state index in [4.69, 9.17) is 4.74 Å². The number of amides is 2. The van der Waals surface area contributed by atoms with Crippen LogP contribution in [0.1, 0.15) is 12.0 Å². The van der Waals surface area contributed by atoms with Crippen molar-refractivity contribution in [3.8, 4) is 0 Å². The van der Waals surface area contributed by atoms with E-state index in [-0.39, 0.29) is 6.03 Å². The average Bonchev–Trinajstić information content (AvgIpc) is 2.54. The maximum Gasteiger partial charge on any atom is 0.317 e. The second-order valence-corrected chi connectivity index (χ2v) is 6.44. The Labute approximate surface area is 140 Å². The Morgan fingerprint density at radius 1 is 1.32 bits per heavy atom. The van der Waals surface area contributed by atoms with Gasteiger partial charge in [-0.3, -0.25) is 4.90 Å². The van der Waals surface area contributed by atoms with E-state index < -0.39 is 0 Å². The van der Waals surface area contributed by atoms with E-state index in [0.29, 0.717) is 13.1 Å². The number of nitrogens with zero attached hydrogens (tertiary/aromatic N) is 2. The molecule has 1 fully saturated rings. The molecule has 0 atom stereocenters. The Morgan fingerprint density at radius 2 is 2.00 bits per heavy atom. The highest BCUT2D eigenvalue weighted by molar-refractivity contribution is 9.10. The zero-order valence-corrected chi connectivity index (χ0v) is 14.6. The van der Waals surface area contributed by atoms with Crippen molar-refractivity contribution in [2.45, 2.75) is 13.0 Å². The molecule has 0 radical (unpaired) electrons. The van der Waals surface area contributed by atoms with Gasteiger partial charge in [0.25, 0.3) is 0 Å². The molecule has 1 N–H and O–H groups in total. The molecule has 0 saturated carbocycles. The summed E-state index contributed by atoms with van der Waals surface area (Å²) in [6, 6.07) is 8.00. The average molecular weight is 370 g/mol. The van der Waals surface area contributed by atoms with E-state index in [1.54, 1.807) is 4.90 Å². The number of morpholine rings is 1. The van der Waals surface area contributed by atoms with Crippen LogP contribution in [0.4, 0.5) is 4.79 Å². The van der Waals surface area contributed by atoms with Crippen LogP contribution in [0, 0.1) is 0 Å². The molecule has 122 valence electrons. The number of ether oxygens (including phenoxy) is 1. The summed E-state index contributed by atoms with van der Waals surface area (Å²) in [5.41, 5.74) is 1.12. The van der Waals surface area contributed by atoms with Crippen molar-refractivity contribution >= 4 is 22.0 Å². The van der Waals surface area contributed by atoms with Gasteiger partial charge >= 0.3 is 6.03 Å². The number of rotatable bonds is 6. The first-order valence-corrected chi connectivity index (χ1v) is 8.48. The van der Waals surface area contributed by atoms with Gasteiger partial charge in [0.2, 0.25) is 0 Å². The lowest BCUT2D eigenvalue weighted by Gasteiger charge is -2.26. The second kappa shape index (κ2) is 9.12. The molecule has 2 amide bonds. The third kappa shape index (κ3) is 5.94. The molecular weight excluding hydrogens is 346 g/mol. The fourth-order valence-electron chi connectivity index (χ4n) is 2.39. The smallest absolute Gasteiger partial charge is 0.317 e. The first-order valence-electron chi connectivity index (χ1n) is 7.68. The summed E-state index contributed by atoms with van der Waals surface area (Å²) in [5.74, 6) is 0. The van der Waals surface area contributed by atoms with E-state index in [2.05, 4.69) is 26.1 Å². The Hall–Kier alpha value is -1.11. The minimum atomic E-state index is -0.0232. The molecule has 0 aromatic heterocycles. The monoisotopic (exact) mass is 369 g/mol. The molecule has 0 unspecified atom stereocenters. The fourth-order valence-corrected chi connectivity index (χ4v) is 2.66. The number of urea groups is 1. The van der Waals surface area contributed by atoms with E-state index in [0.717, 1.165) is 49.3 Å². The molecule has 1 aromatic rings. The number of halogens is 1. The molecule has 1 aliphatic rings. The predicted molar refractivity (Wildman–Crippen MR) is 90.9 cm³/mol. The SMILES string of the molecule is CN(Cc1ccc(Br)cc1)C(=O)NCCCN1CCOCC1. The summed E-state index contributed by atoms with van der Waals surface area (Å²) in [5, 5.41) is 2.97. The standard InChI is InChI=1S/C16H24BrN3O2/c1-19(13-14-3-5-15(17)6-4-14)16(21)18-7-2-8-20-9-11-22-12-10-20/h3-6H,2,7-13H2,1H3,(H,18,21). The van der Waals surface area contributed by atoms with Crippen molar-refractivity contribution in [3.63, 3.8) is 0 Å². The molecule has 1 aliphatic heterocycles. The van der Waals surface area contributed by atoms with Gasteiger partial charge in [-0.2, -0.15) is 0 Å². The van der Waals surface area contributed by atoms with Crippen molar-refractivity contribution in [2.24, 2.45) is 0 Å². The highest BCUT2D eigenvalue weighted by Crippen LogP contribution is 2.11. The van der Waals surface area contributed by atoms with E-state index in [1.165, 1.54) is 0 Å². The molecule has 6 heteroatoms. The van der Waals surface area contributed by atoms with Gasteiger partial charge in [0.15, 0.2) is 0 Å². The highest BCUT2D eigenvalue weighted by Gasteiger charge is 2.11. The Kier molecular flexibility index (Phi) is 7.15. The van der Waals surface area contributed by atoms with Crippen molar-refractivity contribution < 1.29 is 9.53 Å². The maximum absolute atomic E-state index is 12.0. The zero-order chi connectivity index (χ0) is 15.8. The van der Waals surface area contributed by atoms with Gasteiger partial charge in [0.05, 0.1) is 13.2 Å². The molecule has 1 saturated heterocycles. The summed E-state index contributed by atoms with van der Waals surface area (Å²) in [6.07, 6.45) is 0.970. The van der Waals surface area contributed by atoms with Crippen LogP contribution in [0.25, 0.3) is 0 Å². The van der Waals surface area contributed by atoms with Crippen LogP contribution in [-0.4, -0.2) is 62.3 Å². The van der Waals surface area contributed by atoms with E-state index in [9.17, 15) is 4.79 Å². The van der Waals surface area contributed by atoms with Gasteiger partial charge in [0.1, 0.15) is 0 Å². The first kappa shape index (κ1) is 17.2. The van der Waals surface area contributed by atoms with Crippen LogP contribution in [-0.2, 0) is 11.3 Å². The van der Waals surface area contributed by atoms with Crippen molar-refractivity contribution in [2.75, 3.05) is 46.4 Å². The summed E-state index contributed by atoms with van der Waals surface area (Å²) >= 11 is 3.41. The summed E-state index contributed by atoms with van der Waals surface area (Å²) in [4.78, 5) is 16.1.